The predicted molar refractivity (Wildman–Crippen MR) is 79.3 cm³/mol. The van der Waals surface area contributed by atoms with Crippen molar-refractivity contribution in [1.29, 1.82) is 0 Å². The lowest BCUT2D eigenvalue weighted by Gasteiger charge is -2.14. The number of rotatable bonds is 10. The summed E-state index contributed by atoms with van der Waals surface area (Å²) in [4.78, 5) is 13.4. The molecule has 0 aliphatic carbocycles. The van der Waals surface area contributed by atoms with Gasteiger partial charge in [0.15, 0.2) is 0 Å². The molecule has 0 saturated carbocycles. The summed E-state index contributed by atoms with van der Waals surface area (Å²) in [6.07, 6.45) is 10.7. The molecule has 3 heteroatoms. The van der Waals surface area contributed by atoms with Gasteiger partial charge in [-0.05, 0) is 18.9 Å². The zero-order valence-electron chi connectivity index (χ0n) is 12.7. The molecule has 19 heavy (non-hydrogen) atoms. The average Bonchev–Trinajstić information content (AvgIpc) is 2.74. The first-order valence-electron chi connectivity index (χ1n) is 8.10. The van der Waals surface area contributed by atoms with Gasteiger partial charge < -0.3 is 10.0 Å². The standard InChI is InChI=1S/C16H31NO2/c1-3-4-5-6-7-8-9-10-11-17-12-14(2)15(13-17)16(18)19/h14-15H,3-13H2,1-2H3,(H,18,19)/t14-,15-/m1/s1. The van der Waals surface area contributed by atoms with Crippen LogP contribution in [0.3, 0.4) is 0 Å². The molecule has 1 N–H and O–H groups in total. The van der Waals surface area contributed by atoms with Gasteiger partial charge in [-0.3, -0.25) is 4.79 Å². The van der Waals surface area contributed by atoms with Gasteiger partial charge in [0.25, 0.3) is 0 Å². The average molecular weight is 269 g/mol. The van der Waals surface area contributed by atoms with Crippen LogP contribution in [0.5, 0.6) is 0 Å². The van der Waals surface area contributed by atoms with Crippen LogP contribution < -0.4 is 0 Å². The Morgan fingerprint density at radius 1 is 1.05 bits per heavy atom. The molecule has 112 valence electrons. The van der Waals surface area contributed by atoms with Gasteiger partial charge >= 0.3 is 5.97 Å². The molecule has 0 bridgehead atoms. The van der Waals surface area contributed by atoms with E-state index in [2.05, 4.69) is 18.7 Å². The van der Waals surface area contributed by atoms with E-state index in [4.69, 9.17) is 5.11 Å². The number of hydrogen-bond donors (Lipinski definition) is 1. The number of nitrogens with zero attached hydrogens (tertiary/aromatic N) is 1. The van der Waals surface area contributed by atoms with E-state index in [1.807, 2.05) is 0 Å². The van der Waals surface area contributed by atoms with Crippen molar-refractivity contribution in [3.8, 4) is 0 Å². The smallest absolute Gasteiger partial charge is 0.308 e. The molecule has 0 aromatic carbocycles. The highest BCUT2D eigenvalue weighted by Gasteiger charge is 2.33. The Morgan fingerprint density at radius 3 is 2.16 bits per heavy atom. The molecule has 1 rings (SSSR count). The van der Waals surface area contributed by atoms with Crippen molar-refractivity contribution < 1.29 is 9.90 Å². The van der Waals surface area contributed by atoms with Crippen molar-refractivity contribution in [2.24, 2.45) is 11.8 Å². The van der Waals surface area contributed by atoms with E-state index in [1.54, 1.807) is 0 Å². The van der Waals surface area contributed by atoms with E-state index < -0.39 is 5.97 Å². The Labute approximate surface area is 118 Å². The number of carboxylic acid groups (broad SMARTS) is 1. The highest BCUT2D eigenvalue weighted by atomic mass is 16.4. The molecular weight excluding hydrogens is 238 g/mol. The third kappa shape index (κ3) is 6.42. The molecule has 1 aliphatic rings. The van der Waals surface area contributed by atoms with Gasteiger partial charge in [-0.15, -0.1) is 0 Å². The molecule has 0 aromatic heterocycles. The Kier molecular flexibility index (Phi) is 8.11. The van der Waals surface area contributed by atoms with Crippen LogP contribution in [0.1, 0.15) is 65.2 Å². The summed E-state index contributed by atoms with van der Waals surface area (Å²) in [5, 5.41) is 9.09. The Hall–Kier alpha value is -0.570. The van der Waals surface area contributed by atoms with Gasteiger partial charge in [-0.25, -0.2) is 0 Å². The lowest BCUT2D eigenvalue weighted by atomic mass is 9.99. The second-order valence-corrected chi connectivity index (χ2v) is 6.16. The molecule has 3 nitrogen and oxygen atoms in total. The molecule has 0 radical (unpaired) electrons. The van der Waals surface area contributed by atoms with Crippen molar-refractivity contribution in [3.05, 3.63) is 0 Å². The molecule has 0 unspecified atom stereocenters. The molecule has 0 spiro atoms. The van der Waals surface area contributed by atoms with E-state index in [0.717, 1.165) is 19.6 Å². The largest absolute Gasteiger partial charge is 0.481 e. The quantitative estimate of drug-likeness (QED) is 0.614. The summed E-state index contributed by atoms with van der Waals surface area (Å²) >= 11 is 0. The second kappa shape index (κ2) is 9.35. The van der Waals surface area contributed by atoms with Crippen molar-refractivity contribution in [2.45, 2.75) is 65.2 Å². The highest BCUT2D eigenvalue weighted by molar-refractivity contribution is 5.71. The van der Waals surface area contributed by atoms with E-state index in [9.17, 15) is 4.79 Å². The van der Waals surface area contributed by atoms with Crippen LogP contribution in [0.2, 0.25) is 0 Å². The first kappa shape index (κ1) is 16.5. The normalized spacial score (nSPS) is 23.9. The van der Waals surface area contributed by atoms with Gasteiger partial charge in [0.1, 0.15) is 0 Å². The minimum absolute atomic E-state index is 0.144. The molecule has 2 atom stereocenters. The van der Waals surface area contributed by atoms with Crippen LogP contribution in [0.25, 0.3) is 0 Å². The van der Waals surface area contributed by atoms with Crippen molar-refractivity contribution in [2.75, 3.05) is 19.6 Å². The van der Waals surface area contributed by atoms with Crippen LogP contribution in [0.15, 0.2) is 0 Å². The van der Waals surface area contributed by atoms with Crippen molar-refractivity contribution in [3.63, 3.8) is 0 Å². The number of aliphatic carboxylic acids is 1. The minimum Gasteiger partial charge on any atom is -0.481 e. The summed E-state index contributed by atoms with van der Waals surface area (Å²) in [5.74, 6) is -0.452. The van der Waals surface area contributed by atoms with Gasteiger partial charge in [0.2, 0.25) is 0 Å². The summed E-state index contributed by atoms with van der Waals surface area (Å²) in [6.45, 7) is 7.12. The van der Waals surface area contributed by atoms with Gasteiger partial charge in [0, 0.05) is 13.1 Å². The minimum atomic E-state index is -0.620. The van der Waals surface area contributed by atoms with Gasteiger partial charge in [0.05, 0.1) is 5.92 Å². The first-order chi connectivity index (χ1) is 9.15. The monoisotopic (exact) mass is 269 g/mol. The summed E-state index contributed by atoms with van der Waals surface area (Å²) in [5.41, 5.74) is 0. The van der Waals surface area contributed by atoms with Crippen molar-refractivity contribution >= 4 is 5.97 Å². The van der Waals surface area contributed by atoms with Gasteiger partial charge in [-0.2, -0.15) is 0 Å². The number of unbranched alkanes of at least 4 members (excludes halogenated alkanes) is 7. The van der Waals surface area contributed by atoms with E-state index in [0.29, 0.717) is 5.92 Å². The molecule has 0 amide bonds. The van der Waals surface area contributed by atoms with Crippen LogP contribution in [-0.4, -0.2) is 35.6 Å². The second-order valence-electron chi connectivity index (χ2n) is 6.16. The van der Waals surface area contributed by atoms with Crippen LogP contribution >= 0.6 is 0 Å². The molecular formula is C16H31NO2. The first-order valence-corrected chi connectivity index (χ1v) is 8.10. The fourth-order valence-corrected chi connectivity index (χ4v) is 3.04. The van der Waals surface area contributed by atoms with E-state index in [1.165, 1.54) is 51.4 Å². The molecule has 1 saturated heterocycles. The molecule has 0 aromatic rings. The third-order valence-corrected chi connectivity index (χ3v) is 4.33. The van der Waals surface area contributed by atoms with Gasteiger partial charge in [-0.1, -0.05) is 58.8 Å². The summed E-state index contributed by atoms with van der Waals surface area (Å²) in [7, 11) is 0. The third-order valence-electron chi connectivity index (χ3n) is 4.33. The molecule has 1 heterocycles. The Balaban J connectivity index is 1.97. The predicted octanol–water partition coefficient (Wildman–Crippen LogP) is 3.78. The lowest BCUT2D eigenvalue weighted by molar-refractivity contribution is -0.142. The molecule has 1 aliphatic heterocycles. The van der Waals surface area contributed by atoms with E-state index >= 15 is 0 Å². The maximum atomic E-state index is 11.0. The fourth-order valence-electron chi connectivity index (χ4n) is 3.04. The van der Waals surface area contributed by atoms with Crippen LogP contribution in [0, 0.1) is 11.8 Å². The zero-order chi connectivity index (χ0) is 14.1. The van der Waals surface area contributed by atoms with Crippen molar-refractivity contribution in [1.82, 2.24) is 4.90 Å². The Bertz CT molecular complexity index is 255. The fraction of sp³-hybridized carbons (Fsp3) is 0.938. The maximum Gasteiger partial charge on any atom is 0.308 e. The lowest BCUT2D eigenvalue weighted by Crippen LogP contribution is -2.24. The number of likely N-dealkylation sites (tertiary alicyclic amines) is 1. The summed E-state index contributed by atoms with van der Waals surface area (Å²) < 4.78 is 0. The topological polar surface area (TPSA) is 40.5 Å². The van der Waals surface area contributed by atoms with Crippen LogP contribution in [-0.2, 0) is 4.79 Å². The molecule has 1 fully saturated rings. The maximum absolute atomic E-state index is 11.0. The van der Waals surface area contributed by atoms with Crippen LogP contribution in [0.4, 0.5) is 0 Å². The summed E-state index contributed by atoms with van der Waals surface area (Å²) in [6, 6.07) is 0. The number of hydrogen-bond acceptors (Lipinski definition) is 2. The zero-order valence-corrected chi connectivity index (χ0v) is 12.7. The SMILES string of the molecule is CCCCCCCCCCN1C[C@@H](C)[C@H](C(=O)O)C1. The highest BCUT2D eigenvalue weighted by Crippen LogP contribution is 2.23. The number of carboxylic acids is 1. The Morgan fingerprint density at radius 2 is 1.63 bits per heavy atom. The van der Waals surface area contributed by atoms with E-state index in [-0.39, 0.29) is 5.92 Å². The number of carbonyl (C=O) groups is 1.